The number of amides is 1. The van der Waals surface area contributed by atoms with Gasteiger partial charge in [-0.3, -0.25) is 9.69 Å². The summed E-state index contributed by atoms with van der Waals surface area (Å²) in [5, 5.41) is 0.763. The van der Waals surface area contributed by atoms with E-state index < -0.39 is 0 Å². The molecule has 1 saturated heterocycles. The van der Waals surface area contributed by atoms with Crippen LogP contribution in [-0.4, -0.2) is 28.6 Å². The van der Waals surface area contributed by atoms with Crippen LogP contribution in [-0.2, 0) is 11.4 Å². The molecule has 1 saturated carbocycles. The predicted octanol–water partition coefficient (Wildman–Crippen LogP) is 7.85. The summed E-state index contributed by atoms with van der Waals surface area (Å²) in [5.74, 6) is 1.83. The quantitative estimate of drug-likeness (QED) is 0.281. The molecule has 0 radical (unpaired) electrons. The fraction of sp³-hybridized carbons (Fsp3) is 0.312. The summed E-state index contributed by atoms with van der Waals surface area (Å²) in [6.07, 6.45) is 6.46. The lowest BCUT2D eigenvalue weighted by Gasteiger charge is -2.35. The number of carbonyl (C=O) groups is 1. The molecule has 0 aromatic heterocycles. The van der Waals surface area contributed by atoms with E-state index in [-0.39, 0.29) is 11.9 Å². The van der Waals surface area contributed by atoms with Gasteiger partial charge in [-0.2, -0.15) is 0 Å². The highest BCUT2D eigenvalue weighted by molar-refractivity contribution is 8.18. The summed E-state index contributed by atoms with van der Waals surface area (Å²) in [4.78, 5) is 21.3. The molecule has 0 spiro atoms. The van der Waals surface area contributed by atoms with Crippen molar-refractivity contribution in [2.75, 3.05) is 6.61 Å². The van der Waals surface area contributed by atoms with Crippen LogP contribution in [0.15, 0.2) is 88.8 Å². The number of thioether (sulfide) groups is 1. The van der Waals surface area contributed by atoms with Crippen LogP contribution in [0, 0.1) is 5.92 Å². The summed E-state index contributed by atoms with van der Waals surface area (Å²) in [6, 6.07) is 26.0. The van der Waals surface area contributed by atoms with E-state index >= 15 is 0 Å². The molecule has 1 aliphatic carbocycles. The van der Waals surface area contributed by atoms with Gasteiger partial charge in [0.05, 0.1) is 17.2 Å². The van der Waals surface area contributed by atoms with E-state index in [0.717, 1.165) is 41.2 Å². The lowest BCUT2D eigenvalue weighted by atomic mass is 9.85. The molecule has 1 aliphatic heterocycles. The Kier molecular flexibility index (Phi) is 8.49. The Morgan fingerprint density at radius 3 is 2.42 bits per heavy atom. The van der Waals surface area contributed by atoms with Gasteiger partial charge < -0.3 is 9.47 Å². The van der Waals surface area contributed by atoms with Crippen LogP contribution in [0.25, 0.3) is 6.08 Å². The van der Waals surface area contributed by atoms with Gasteiger partial charge in [-0.05, 0) is 78.9 Å². The number of benzene rings is 3. The van der Waals surface area contributed by atoms with E-state index in [0.29, 0.717) is 35.5 Å². The second-order valence-electron chi connectivity index (χ2n) is 9.76. The highest BCUT2D eigenvalue weighted by Crippen LogP contribution is 2.40. The average molecular weight is 527 g/mol. The van der Waals surface area contributed by atoms with Crippen LogP contribution < -0.4 is 9.47 Å². The third-order valence-corrected chi connectivity index (χ3v) is 8.00. The smallest absolute Gasteiger partial charge is 0.267 e. The molecule has 0 bridgehead atoms. The number of hydrogen-bond donors (Lipinski definition) is 0. The number of rotatable bonds is 8. The number of carbonyl (C=O) groups excluding carboxylic acids is 1. The van der Waals surface area contributed by atoms with Crippen molar-refractivity contribution < 1.29 is 14.3 Å². The first-order valence-corrected chi connectivity index (χ1v) is 14.2. The minimum Gasteiger partial charge on any atom is -0.490 e. The van der Waals surface area contributed by atoms with Crippen molar-refractivity contribution in [2.45, 2.75) is 52.2 Å². The summed E-state index contributed by atoms with van der Waals surface area (Å²) in [7, 11) is 0. The first-order chi connectivity index (χ1) is 18.6. The van der Waals surface area contributed by atoms with Gasteiger partial charge in [0.15, 0.2) is 16.7 Å². The maximum Gasteiger partial charge on any atom is 0.267 e. The van der Waals surface area contributed by atoms with E-state index in [1.807, 2.05) is 96.8 Å². The molecule has 1 heterocycles. The molecule has 6 heteroatoms. The van der Waals surface area contributed by atoms with E-state index in [4.69, 9.17) is 14.5 Å². The Morgan fingerprint density at radius 2 is 1.68 bits per heavy atom. The van der Waals surface area contributed by atoms with Crippen molar-refractivity contribution in [3.05, 3.63) is 94.9 Å². The molecule has 2 aliphatic rings. The fourth-order valence-corrected chi connectivity index (χ4v) is 6.08. The molecule has 5 rings (SSSR count). The molecule has 2 atom stereocenters. The second-order valence-corrected chi connectivity index (χ2v) is 10.8. The lowest BCUT2D eigenvalue weighted by molar-refractivity contribution is -0.124. The third kappa shape index (κ3) is 6.13. The van der Waals surface area contributed by atoms with Gasteiger partial charge in [0.25, 0.3) is 5.91 Å². The van der Waals surface area contributed by atoms with Gasteiger partial charge >= 0.3 is 0 Å². The Labute approximate surface area is 229 Å². The Balaban J connectivity index is 1.43. The number of amidine groups is 1. The number of nitrogens with zero attached hydrogens (tertiary/aromatic N) is 2. The maximum atomic E-state index is 13.8. The minimum atomic E-state index is 0.0331. The lowest BCUT2D eigenvalue weighted by Crippen LogP contribution is -2.44. The molecule has 5 nitrogen and oxygen atoms in total. The molecule has 3 aromatic carbocycles. The summed E-state index contributed by atoms with van der Waals surface area (Å²) < 4.78 is 12.0. The zero-order valence-corrected chi connectivity index (χ0v) is 22.8. The molecule has 3 aromatic rings. The Bertz CT molecular complexity index is 1310. The molecule has 0 unspecified atom stereocenters. The highest BCUT2D eigenvalue weighted by Gasteiger charge is 2.41. The Morgan fingerprint density at radius 1 is 0.947 bits per heavy atom. The topological polar surface area (TPSA) is 51.1 Å². The zero-order chi connectivity index (χ0) is 26.3. The van der Waals surface area contributed by atoms with Crippen LogP contribution >= 0.6 is 11.8 Å². The normalized spacial score (nSPS) is 21.7. The summed E-state index contributed by atoms with van der Waals surface area (Å²) >= 11 is 1.46. The van der Waals surface area contributed by atoms with Crippen LogP contribution in [0.1, 0.15) is 50.7 Å². The summed E-state index contributed by atoms with van der Waals surface area (Å²) in [5.41, 5.74) is 2.85. The third-order valence-electron chi connectivity index (χ3n) is 7.02. The molecule has 1 amide bonds. The van der Waals surface area contributed by atoms with Crippen LogP contribution in [0.3, 0.4) is 0 Å². The van der Waals surface area contributed by atoms with Gasteiger partial charge in [-0.1, -0.05) is 74.4 Å². The maximum absolute atomic E-state index is 13.8. The van der Waals surface area contributed by atoms with Crippen molar-refractivity contribution in [3.8, 4) is 11.5 Å². The van der Waals surface area contributed by atoms with Crippen LogP contribution in [0.2, 0.25) is 0 Å². The van der Waals surface area contributed by atoms with Gasteiger partial charge in [0.2, 0.25) is 0 Å². The van der Waals surface area contributed by atoms with Crippen LogP contribution in [0.5, 0.6) is 11.5 Å². The number of para-hydroxylation sites is 1. The molecular formula is C32H34N2O3S. The van der Waals surface area contributed by atoms with Gasteiger partial charge in [-0.15, -0.1) is 0 Å². The van der Waals surface area contributed by atoms with Crippen molar-refractivity contribution in [2.24, 2.45) is 10.9 Å². The van der Waals surface area contributed by atoms with E-state index in [1.54, 1.807) is 0 Å². The Hall–Kier alpha value is -3.51. The second kappa shape index (κ2) is 12.4. The first kappa shape index (κ1) is 26.1. The van der Waals surface area contributed by atoms with Crippen molar-refractivity contribution >= 4 is 34.6 Å². The SMILES string of the molecule is CCOc1cc(/C=C2\SC(=Nc3ccccc3)N([C@@H]3CCCC[C@@H]3C)C2=O)ccc1OCc1ccccc1. The predicted molar refractivity (Wildman–Crippen MR) is 156 cm³/mol. The number of hydrogen-bond acceptors (Lipinski definition) is 5. The van der Waals surface area contributed by atoms with Gasteiger partial charge in [0.1, 0.15) is 6.61 Å². The van der Waals surface area contributed by atoms with E-state index in [2.05, 4.69) is 6.92 Å². The molecule has 0 N–H and O–H groups in total. The van der Waals surface area contributed by atoms with E-state index in [1.165, 1.54) is 18.2 Å². The fourth-order valence-electron chi connectivity index (χ4n) is 5.04. The largest absolute Gasteiger partial charge is 0.490 e. The molecule has 2 fully saturated rings. The standard InChI is InChI=1S/C32H34N2O3S/c1-3-36-29-20-25(18-19-28(29)37-22-24-13-6-4-7-14-24)21-30-31(35)34(27-17-11-10-12-23(27)2)32(38-30)33-26-15-8-5-9-16-26/h4-9,13-16,18-21,23,27H,3,10-12,17,22H2,1-2H3/b30-21-,33-32?/t23-,27+/m0/s1. The highest BCUT2D eigenvalue weighted by atomic mass is 32.2. The zero-order valence-electron chi connectivity index (χ0n) is 22.0. The first-order valence-electron chi connectivity index (χ1n) is 13.4. The van der Waals surface area contributed by atoms with E-state index in [9.17, 15) is 4.79 Å². The molecular weight excluding hydrogens is 492 g/mol. The minimum absolute atomic E-state index is 0.0331. The average Bonchev–Trinajstić information content (AvgIpc) is 3.23. The van der Waals surface area contributed by atoms with Gasteiger partial charge in [-0.25, -0.2) is 4.99 Å². The van der Waals surface area contributed by atoms with Crippen molar-refractivity contribution in [3.63, 3.8) is 0 Å². The summed E-state index contributed by atoms with van der Waals surface area (Å²) in [6.45, 7) is 5.20. The number of ether oxygens (including phenoxy) is 2. The number of aliphatic imine (C=N–C) groups is 1. The van der Waals surface area contributed by atoms with Crippen LogP contribution in [0.4, 0.5) is 5.69 Å². The monoisotopic (exact) mass is 526 g/mol. The van der Waals surface area contributed by atoms with Crippen molar-refractivity contribution in [1.29, 1.82) is 0 Å². The molecule has 38 heavy (non-hydrogen) atoms. The van der Waals surface area contributed by atoms with Crippen molar-refractivity contribution in [1.82, 2.24) is 4.90 Å². The molecule has 196 valence electrons. The van der Waals surface area contributed by atoms with Gasteiger partial charge in [0, 0.05) is 6.04 Å².